The van der Waals surface area contributed by atoms with E-state index in [1.807, 2.05) is 6.07 Å². The van der Waals surface area contributed by atoms with Crippen LogP contribution >= 0.6 is 0 Å². The first-order valence-electron chi connectivity index (χ1n) is 7.74. The molecule has 2 heterocycles. The number of carbonyl (C=O) groups excluding carboxylic acids is 2. The molecule has 3 rings (SSSR count). The largest absolute Gasteiger partial charge is 0.440 e. The summed E-state index contributed by atoms with van der Waals surface area (Å²) in [5.41, 5.74) is 5.51. The van der Waals surface area contributed by atoms with Crippen LogP contribution in [0, 0.1) is 11.3 Å². The number of Topliss-reactive ketones (excluding diaryl/α,β-unsaturated/α-hetero) is 1. The topological polar surface area (TPSA) is 96.4 Å². The number of hydrogen-bond donors (Lipinski definition) is 1. The van der Waals surface area contributed by atoms with Gasteiger partial charge in [-0.25, -0.2) is 0 Å². The van der Waals surface area contributed by atoms with Gasteiger partial charge in [0.25, 0.3) is 0 Å². The molecule has 0 unspecified atom stereocenters. The number of carbonyl (C=O) groups is 2. The Labute approximate surface area is 145 Å². The molecule has 0 bridgehead atoms. The van der Waals surface area contributed by atoms with Crippen molar-refractivity contribution in [1.82, 2.24) is 4.90 Å². The summed E-state index contributed by atoms with van der Waals surface area (Å²) in [6.45, 7) is 6.97. The van der Waals surface area contributed by atoms with Crippen molar-refractivity contribution < 1.29 is 14.3 Å². The van der Waals surface area contributed by atoms with E-state index in [-0.39, 0.29) is 29.4 Å². The van der Waals surface area contributed by atoms with Gasteiger partial charge in [0.05, 0.1) is 0 Å². The van der Waals surface area contributed by atoms with Crippen LogP contribution in [-0.2, 0) is 15.0 Å². The lowest BCUT2D eigenvalue weighted by Crippen LogP contribution is -2.46. The summed E-state index contributed by atoms with van der Waals surface area (Å²) in [6.07, 6.45) is 1.57. The van der Waals surface area contributed by atoms with Gasteiger partial charge in [0.15, 0.2) is 5.78 Å². The van der Waals surface area contributed by atoms with Crippen molar-refractivity contribution in [2.75, 3.05) is 6.54 Å². The number of nitriles is 1. The van der Waals surface area contributed by atoms with Gasteiger partial charge < -0.3 is 15.4 Å². The van der Waals surface area contributed by atoms with Crippen molar-refractivity contribution in [3.05, 3.63) is 65.2 Å². The highest BCUT2D eigenvalue weighted by Crippen LogP contribution is 2.53. The Hall–Kier alpha value is -3.33. The average Bonchev–Trinajstić information content (AvgIpc) is 2.78. The van der Waals surface area contributed by atoms with E-state index in [9.17, 15) is 14.9 Å². The van der Waals surface area contributed by atoms with Crippen molar-refractivity contribution >= 4 is 11.7 Å². The molecule has 1 spiro atoms. The van der Waals surface area contributed by atoms with Crippen molar-refractivity contribution in [2.45, 2.75) is 19.3 Å². The molecule has 126 valence electrons. The minimum absolute atomic E-state index is 0.0627. The molecule has 0 radical (unpaired) electrons. The zero-order chi connectivity index (χ0) is 18.4. The summed E-state index contributed by atoms with van der Waals surface area (Å²) < 4.78 is 5.54. The first-order chi connectivity index (χ1) is 11.9. The van der Waals surface area contributed by atoms with Gasteiger partial charge in [-0.3, -0.25) is 9.59 Å². The van der Waals surface area contributed by atoms with Crippen molar-refractivity contribution in [3.63, 3.8) is 0 Å². The summed E-state index contributed by atoms with van der Waals surface area (Å²) in [5, 5.41) is 9.74. The lowest BCUT2D eigenvalue weighted by molar-refractivity contribution is -0.131. The molecule has 1 aromatic rings. The number of nitrogens with two attached hydrogens (primary N) is 1. The van der Waals surface area contributed by atoms with Gasteiger partial charge in [0.1, 0.15) is 22.8 Å². The third-order valence-electron chi connectivity index (χ3n) is 4.62. The molecule has 1 atom stereocenters. The number of amides is 1. The molecule has 0 saturated heterocycles. The fourth-order valence-corrected chi connectivity index (χ4v) is 3.71. The molecule has 1 aromatic carbocycles. The van der Waals surface area contributed by atoms with Crippen LogP contribution in [0.25, 0.3) is 0 Å². The fraction of sp³-hybridized carbons (Fsp3) is 0.211. The molecule has 0 saturated carbocycles. The lowest BCUT2D eigenvalue weighted by atomic mass is 9.67. The van der Waals surface area contributed by atoms with Gasteiger partial charge in [-0.2, -0.15) is 5.26 Å². The molecule has 0 fully saturated rings. The van der Waals surface area contributed by atoms with E-state index in [1.165, 1.54) is 11.8 Å². The number of allylic oxidation sites excluding steroid dienone is 1. The van der Waals surface area contributed by atoms with Crippen LogP contribution in [-0.4, -0.2) is 23.1 Å². The van der Waals surface area contributed by atoms with Gasteiger partial charge in [0.2, 0.25) is 11.8 Å². The number of rotatable bonds is 3. The SMILES string of the molecule is C=CCN1C(=O)[C@]2(C(C#N)=C(N)Oc3ccccc32)C(C(C)=O)=C1C. The Bertz CT molecular complexity index is 920. The summed E-state index contributed by atoms with van der Waals surface area (Å²) in [5.74, 6) is -0.499. The maximum atomic E-state index is 13.5. The molecule has 25 heavy (non-hydrogen) atoms. The summed E-state index contributed by atoms with van der Waals surface area (Å²) in [6, 6.07) is 8.81. The molecule has 6 nitrogen and oxygen atoms in total. The first-order valence-corrected chi connectivity index (χ1v) is 7.74. The lowest BCUT2D eigenvalue weighted by Gasteiger charge is -2.35. The normalized spacial score (nSPS) is 22.0. The third kappa shape index (κ3) is 1.96. The summed E-state index contributed by atoms with van der Waals surface area (Å²) in [7, 11) is 0. The van der Waals surface area contributed by atoms with Gasteiger partial charge in [-0.15, -0.1) is 6.58 Å². The highest BCUT2D eigenvalue weighted by Gasteiger charge is 2.60. The molecule has 2 aliphatic heterocycles. The van der Waals surface area contributed by atoms with Crippen molar-refractivity contribution in [2.24, 2.45) is 5.73 Å². The Kier molecular flexibility index (Phi) is 3.73. The maximum Gasteiger partial charge on any atom is 0.247 e. The molecule has 2 aliphatic rings. The van der Waals surface area contributed by atoms with E-state index in [1.54, 1.807) is 37.3 Å². The van der Waals surface area contributed by atoms with Crippen LogP contribution in [0.5, 0.6) is 5.75 Å². The van der Waals surface area contributed by atoms with Crippen LogP contribution in [0.1, 0.15) is 19.4 Å². The van der Waals surface area contributed by atoms with Crippen LogP contribution in [0.2, 0.25) is 0 Å². The quantitative estimate of drug-likeness (QED) is 0.851. The number of ketones is 1. The molecular formula is C19H17N3O3. The molecule has 0 aliphatic carbocycles. The Morgan fingerprint density at radius 1 is 1.48 bits per heavy atom. The number of ether oxygens (including phenoxy) is 1. The minimum atomic E-state index is -1.58. The smallest absolute Gasteiger partial charge is 0.247 e. The minimum Gasteiger partial charge on any atom is -0.440 e. The Morgan fingerprint density at radius 2 is 2.16 bits per heavy atom. The van der Waals surface area contributed by atoms with E-state index in [2.05, 4.69) is 6.58 Å². The highest BCUT2D eigenvalue weighted by atomic mass is 16.5. The highest BCUT2D eigenvalue weighted by molar-refractivity contribution is 6.13. The van der Waals surface area contributed by atoms with Crippen molar-refractivity contribution in [1.29, 1.82) is 5.26 Å². The van der Waals surface area contributed by atoms with Crippen LogP contribution < -0.4 is 10.5 Å². The second-order valence-electron chi connectivity index (χ2n) is 5.92. The maximum absolute atomic E-state index is 13.5. The van der Waals surface area contributed by atoms with Crippen LogP contribution in [0.3, 0.4) is 0 Å². The predicted octanol–water partition coefficient (Wildman–Crippen LogP) is 1.90. The van der Waals surface area contributed by atoms with Crippen molar-refractivity contribution in [3.8, 4) is 11.8 Å². The Balaban J connectivity index is 2.46. The monoisotopic (exact) mass is 335 g/mol. The molecule has 0 aromatic heterocycles. The number of para-hydroxylation sites is 1. The average molecular weight is 335 g/mol. The van der Waals surface area contributed by atoms with Gasteiger partial charge in [-0.1, -0.05) is 24.3 Å². The summed E-state index contributed by atoms with van der Waals surface area (Å²) in [4.78, 5) is 27.4. The second-order valence-corrected chi connectivity index (χ2v) is 5.92. The van der Waals surface area contributed by atoms with E-state index in [0.29, 0.717) is 17.0 Å². The van der Waals surface area contributed by atoms with E-state index in [0.717, 1.165) is 0 Å². The predicted molar refractivity (Wildman–Crippen MR) is 90.9 cm³/mol. The number of nitrogens with zero attached hydrogens (tertiary/aromatic N) is 2. The van der Waals surface area contributed by atoms with Gasteiger partial charge in [-0.05, 0) is 19.9 Å². The first kappa shape index (κ1) is 16.5. The Morgan fingerprint density at radius 3 is 2.76 bits per heavy atom. The summed E-state index contributed by atoms with van der Waals surface area (Å²) >= 11 is 0. The van der Waals surface area contributed by atoms with E-state index < -0.39 is 11.3 Å². The number of hydrogen-bond acceptors (Lipinski definition) is 5. The van der Waals surface area contributed by atoms with E-state index >= 15 is 0 Å². The van der Waals surface area contributed by atoms with Gasteiger partial charge >= 0.3 is 0 Å². The van der Waals surface area contributed by atoms with E-state index in [4.69, 9.17) is 10.5 Å². The van der Waals surface area contributed by atoms with Gasteiger partial charge in [0, 0.05) is 23.4 Å². The molecule has 2 N–H and O–H groups in total. The fourth-order valence-electron chi connectivity index (χ4n) is 3.71. The number of benzene rings is 1. The molecular weight excluding hydrogens is 318 g/mol. The van der Waals surface area contributed by atoms with Crippen LogP contribution in [0.15, 0.2) is 59.6 Å². The zero-order valence-corrected chi connectivity index (χ0v) is 14.0. The zero-order valence-electron chi connectivity index (χ0n) is 14.0. The van der Waals surface area contributed by atoms with Crippen LogP contribution in [0.4, 0.5) is 0 Å². The molecule has 6 heteroatoms. The molecule has 1 amide bonds. The number of fused-ring (bicyclic) bond motifs is 2. The standard InChI is InChI=1S/C19H17N3O3/c1-4-9-22-11(2)16(12(3)23)19(18(22)24)13-7-5-6-8-15(13)25-17(21)14(19)10-20/h4-8H,1,9,21H2,2-3H3/t19-/m1/s1. The third-order valence-corrected chi connectivity index (χ3v) is 4.62. The second kappa shape index (κ2) is 5.64.